The second-order valence-corrected chi connectivity index (χ2v) is 6.68. The molecule has 0 radical (unpaired) electrons. The van der Waals surface area contributed by atoms with Crippen molar-refractivity contribution < 1.29 is 22.7 Å². The number of nitrogens with zero attached hydrogens (tertiary/aromatic N) is 5. The van der Waals surface area contributed by atoms with Crippen molar-refractivity contribution in [2.24, 2.45) is 0 Å². The Kier molecular flexibility index (Phi) is 6.66. The van der Waals surface area contributed by atoms with Crippen molar-refractivity contribution in [2.45, 2.75) is 26.1 Å². The maximum Gasteiger partial charge on any atom is 0.433 e. The van der Waals surface area contributed by atoms with Gasteiger partial charge in [0.1, 0.15) is 17.2 Å². The number of carbonyl (C=O) groups is 1. The minimum Gasteiger partial charge on any atom is -0.453 e. The lowest BCUT2D eigenvalue weighted by molar-refractivity contribution is -0.141. The standard InChI is InChI=1S/C19H19F3N8O2/c1-10(2)24-16-28-15(12-5-4-6-14(26-12)27-18(31)32-3)29-17(30-16)25-11-7-8-23-13(9-11)19(20,21)22/h4-10H,1-3H3,(H,26,27,31)(H2,23,24,25,28,29,30). The molecule has 3 aromatic heterocycles. The fraction of sp³-hybridized carbons (Fsp3) is 0.263. The Morgan fingerprint density at radius 2 is 1.81 bits per heavy atom. The molecule has 0 fully saturated rings. The Morgan fingerprint density at radius 3 is 2.50 bits per heavy atom. The Balaban J connectivity index is 1.97. The second-order valence-electron chi connectivity index (χ2n) is 6.68. The zero-order valence-corrected chi connectivity index (χ0v) is 17.2. The zero-order valence-electron chi connectivity index (χ0n) is 17.2. The summed E-state index contributed by atoms with van der Waals surface area (Å²) in [7, 11) is 1.22. The molecule has 0 unspecified atom stereocenters. The molecule has 0 bridgehead atoms. The molecule has 0 spiro atoms. The van der Waals surface area contributed by atoms with E-state index < -0.39 is 18.0 Å². The van der Waals surface area contributed by atoms with E-state index in [1.165, 1.54) is 13.2 Å². The van der Waals surface area contributed by atoms with Gasteiger partial charge in [-0.3, -0.25) is 10.3 Å². The zero-order chi connectivity index (χ0) is 23.3. The molecule has 0 atom stereocenters. The van der Waals surface area contributed by atoms with Gasteiger partial charge in [-0.1, -0.05) is 6.07 Å². The molecular weight excluding hydrogens is 429 g/mol. The number of methoxy groups -OCH3 is 1. The highest BCUT2D eigenvalue weighted by Gasteiger charge is 2.32. The van der Waals surface area contributed by atoms with Crippen LogP contribution in [0.25, 0.3) is 11.5 Å². The number of amides is 1. The molecule has 0 aromatic carbocycles. The van der Waals surface area contributed by atoms with Gasteiger partial charge in [0.05, 0.1) is 7.11 Å². The van der Waals surface area contributed by atoms with Crippen LogP contribution in [-0.2, 0) is 10.9 Å². The second kappa shape index (κ2) is 9.41. The summed E-state index contributed by atoms with van der Waals surface area (Å²) in [6.45, 7) is 3.74. The van der Waals surface area contributed by atoms with Crippen LogP contribution >= 0.6 is 0 Å². The van der Waals surface area contributed by atoms with E-state index in [0.29, 0.717) is 5.69 Å². The average Bonchev–Trinajstić information content (AvgIpc) is 2.73. The summed E-state index contributed by atoms with van der Waals surface area (Å²) in [5.74, 6) is 0.507. The number of carbonyl (C=O) groups excluding carboxylic acids is 1. The molecule has 13 heteroatoms. The first-order valence-electron chi connectivity index (χ1n) is 9.29. The van der Waals surface area contributed by atoms with Crippen LogP contribution in [0, 0.1) is 0 Å². The molecule has 32 heavy (non-hydrogen) atoms. The van der Waals surface area contributed by atoms with Crippen LogP contribution in [0.1, 0.15) is 19.5 Å². The first-order valence-corrected chi connectivity index (χ1v) is 9.29. The summed E-state index contributed by atoms with van der Waals surface area (Å²) >= 11 is 0. The Bertz CT molecular complexity index is 1110. The van der Waals surface area contributed by atoms with Crippen molar-refractivity contribution in [3.63, 3.8) is 0 Å². The number of anilines is 4. The predicted octanol–water partition coefficient (Wildman–Crippen LogP) is 4.09. The number of aromatic nitrogens is 5. The van der Waals surface area contributed by atoms with Crippen LogP contribution < -0.4 is 16.0 Å². The third-order valence-electron chi connectivity index (χ3n) is 3.75. The minimum absolute atomic E-state index is 0.00870. The Hall–Kier alpha value is -4.03. The van der Waals surface area contributed by atoms with Crippen molar-refractivity contribution in [2.75, 3.05) is 23.1 Å². The van der Waals surface area contributed by atoms with Crippen LogP contribution in [0.15, 0.2) is 36.5 Å². The number of rotatable bonds is 6. The van der Waals surface area contributed by atoms with Gasteiger partial charge in [-0.2, -0.15) is 28.1 Å². The van der Waals surface area contributed by atoms with Crippen LogP contribution in [0.5, 0.6) is 0 Å². The summed E-state index contributed by atoms with van der Waals surface area (Å²) in [6, 6.07) is 6.94. The Labute approximate surface area is 180 Å². The van der Waals surface area contributed by atoms with E-state index >= 15 is 0 Å². The van der Waals surface area contributed by atoms with Crippen LogP contribution in [0.2, 0.25) is 0 Å². The molecule has 3 aromatic rings. The van der Waals surface area contributed by atoms with Crippen molar-refractivity contribution in [3.05, 3.63) is 42.2 Å². The number of alkyl halides is 3. The molecule has 168 valence electrons. The van der Waals surface area contributed by atoms with Gasteiger partial charge in [0.15, 0.2) is 5.82 Å². The van der Waals surface area contributed by atoms with Crippen molar-refractivity contribution in [1.29, 1.82) is 0 Å². The van der Waals surface area contributed by atoms with Crippen LogP contribution in [0.3, 0.4) is 0 Å². The monoisotopic (exact) mass is 448 g/mol. The van der Waals surface area contributed by atoms with E-state index in [4.69, 9.17) is 0 Å². The fourth-order valence-electron chi connectivity index (χ4n) is 2.45. The molecule has 3 N–H and O–H groups in total. The number of pyridine rings is 2. The lowest BCUT2D eigenvalue weighted by Crippen LogP contribution is -2.15. The van der Waals surface area contributed by atoms with Crippen LogP contribution in [-0.4, -0.2) is 44.2 Å². The number of halogens is 3. The van der Waals surface area contributed by atoms with Gasteiger partial charge in [-0.15, -0.1) is 0 Å². The van der Waals surface area contributed by atoms with E-state index in [1.807, 2.05) is 13.8 Å². The topological polar surface area (TPSA) is 127 Å². The van der Waals surface area contributed by atoms with Gasteiger partial charge in [0, 0.05) is 17.9 Å². The summed E-state index contributed by atoms with van der Waals surface area (Å²) < 4.78 is 43.4. The SMILES string of the molecule is COC(=O)Nc1cccc(-c2nc(Nc3ccnc(C(F)(F)F)c3)nc(NC(C)C)n2)n1. The van der Waals surface area contributed by atoms with Gasteiger partial charge in [0.2, 0.25) is 11.9 Å². The highest BCUT2D eigenvalue weighted by molar-refractivity contribution is 5.83. The van der Waals surface area contributed by atoms with E-state index in [0.717, 1.165) is 12.3 Å². The smallest absolute Gasteiger partial charge is 0.433 e. The van der Waals surface area contributed by atoms with Gasteiger partial charge in [0.25, 0.3) is 0 Å². The lowest BCUT2D eigenvalue weighted by Gasteiger charge is -2.13. The Morgan fingerprint density at radius 1 is 1.06 bits per heavy atom. The molecule has 1 amide bonds. The van der Waals surface area contributed by atoms with Crippen molar-refractivity contribution in [1.82, 2.24) is 24.9 Å². The molecule has 0 aliphatic carbocycles. The number of hydrogen-bond acceptors (Lipinski definition) is 9. The molecule has 3 rings (SSSR count). The number of hydrogen-bond donors (Lipinski definition) is 3. The summed E-state index contributed by atoms with van der Waals surface area (Å²) in [4.78, 5) is 31.8. The predicted molar refractivity (Wildman–Crippen MR) is 110 cm³/mol. The van der Waals surface area contributed by atoms with E-state index in [-0.39, 0.29) is 35.3 Å². The van der Waals surface area contributed by atoms with E-state index in [9.17, 15) is 18.0 Å². The normalized spacial score (nSPS) is 11.2. The molecule has 0 saturated carbocycles. The van der Waals surface area contributed by atoms with Crippen molar-refractivity contribution >= 4 is 29.5 Å². The fourth-order valence-corrected chi connectivity index (χ4v) is 2.45. The molecular formula is C19H19F3N8O2. The third-order valence-corrected chi connectivity index (χ3v) is 3.75. The van der Waals surface area contributed by atoms with Gasteiger partial charge >= 0.3 is 12.3 Å². The molecule has 0 saturated heterocycles. The van der Waals surface area contributed by atoms with Gasteiger partial charge < -0.3 is 15.4 Å². The van der Waals surface area contributed by atoms with Gasteiger partial charge in [-0.05, 0) is 38.1 Å². The first-order chi connectivity index (χ1) is 15.1. The lowest BCUT2D eigenvalue weighted by atomic mass is 10.3. The highest BCUT2D eigenvalue weighted by Crippen LogP contribution is 2.29. The van der Waals surface area contributed by atoms with E-state index in [2.05, 4.69) is 45.6 Å². The maximum absolute atomic E-state index is 13.0. The number of ether oxygens (including phenoxy) is 1. The maximum atomic E-state index is 13.0. The van der Waals surface area contributed by atoms with E-state index in [1.54, 1.807) is 18.2 Å². The summed E-state index contributed by atoms with van der Waals surface area (Å²) in [6.07, 6.45) is -4.26. The van der Waals surface area contributed by atoms with Crippen molar-refractivity contribution in [3.8, 4) is 11.5 Å². The minimum atomic E-state index is -4.59. The summed E-state index contributed by atoms with van der Waals surface area (Å²) in [5, 5.41) is 8.19. The average molecular weight is 448 g/mol. The molecule has 3 heterocycles. The van der Waals surface area contributed by atoms with Gasteiger partial charge in [-0.25, -0.2) is 9.78 Å². The molecule has 0 aliphatic heterocycles. The molecule has 0 aliphatic rings. The first kappa shape index (κ1) is 22.7. The summed E-state index contributed by atoms with van der Waals surface area (Å²) in [5.41, 5.74) is -0.670. The third kappa shape index (κ3) is 6.00. The highest BCUT2D eigenvalue weighted by atomic mass is 19.4. The largest absolute Gasteiger partial charge is 0.453 e. The quantitative estimate of drug-likeness (QED) is 0.511. The van der Waals surface area contributed by atoms with Crippen LogP contribution in [0.4, 0.5) is 41.4 Å². The number of nitrogens with one attached hydrogen (secondary N) is 3. The molecule has 10 nitrogen and oxygen atoms in total.